The molecule has 2 aliphatic rings. The monoisotopic (exact) mass is 348 g/mol. The van der Waals surface area contributed by atoms with E-state index in [-0.39, 0.29) is 17.7 Å². The molecule has 0 saturated carbocycles. The number of likely N-dealkylation sites (tertiary alicyclic amines) is 1. The molecule has 3 rings (SSSR count). The number of carbonyl (C=O) groups is 2. The van der Waals surface area contributed by atoms with Crippen molar-refractivity contribution >= 4 is 29.1 Å². The maximum Gasteiger partial charge on any atom is 0.228 e. The molecule has 130 valence electrons. The first-order valence-corrected chi connectivity index (χ1v) is 9.26. The molecule has 2 atom stereocenters. The van der Waals surface area contributed by atoms with Gasteiger partial charge in [0.25, 0.3) is 0 Å². The van der Waals surface area contributed by atoms with E-state index in [4.69, 9.17) is 11.6 Å². The zero-order valence-corrected chi connectivity index (χ0v) is 15.2. The number of anilines is 1. The number of rotatable bonds is 3. The number of hydrogen-bond acceptors (Lipinski definition) is 2. The number of nitrogens with zero attached hydrogens (tertiary/aromatic N) is 2. The lowest BCUT2D eigenvalue weighted by molar-refractivity contribution is -0.139. The van der Waals surface area contributed by atoms with Crippen LogP contribution in [0.15, 0.2) is 18.2 Å². The quantitative estimate of drug-likeness (QED) is 0.833. The third-order valence-corrected chi connectivity index (χ3v) is 5.54. The van der Waals surface area contributed by atoms with Crippen LogP contribution in [0.25, 0.3) is 0 Å². The fourth-order valence-corrected chi connectivity index (χ4v) is 4.20. The Bertz CT molecular complexity index is 646. The predicted molar refractivity (Wildman–Crippen MR) is 96.3 cm³/mol. The van der Waals surface area contributed by atoms with Crippen LogP contribution in [0.2, 0.25) is 5.02 Å². The Morgan fingerprint density at radius 3 is 2.83 bits per heavy atom. The van der Waals surface area contributed by atoms with Crippen LogP contribution in [0.3, 0.4) is 0 Å². The summed E-state index contributed by atoms with van der Waals surface area (Å²) in [5.74, 6) is -0.0347. The number of piperidine rings is 1. The zero-order chi connectivity index (χ0) is 17.3. The van der Waals surface area contributed by atoms with Crippen molar-refractivity contribution in [2.24, 2.45) is 5.92 Å². The van der Waals surface area contributed by atoms with Crippen LogP contribution < -0.4 is 4.90 Å². The van der Waals surface area contributed by atoms with Crippen molar-refractivity contribution in [3.8, 4) is 0 Å². The molecule has 0 spiro atoms. The van der Waals surface area contributed by atoms with Gasteiger partial charge in [-0.1, -0.05) is 18.5 Å². The van der Waals surface area contributed by atoms with Crippen molar-refractivity contribution in [3.05, 3.63) is 28.8 Å². The molecule has 2 heterocycles. The Labute approximate surface area is 148 Å². The molecule has 0 aliphatic carbocycles. The Hall–Kier alpha value is -1.55. The molecule has 24 heavy (non-hydrogen) atoms. The van der Waals surface area contributed by atoms with E-state index in [2.05, 4.69) is 6.92 Å². The number of amides is 2. The molecule has 2 fully saturated rings. The second-order valence-electron chi connectivity index (χ2n) is 6.93. The fraction of sp³-hybridized carbons (Fsp3) is 0.579. The van der Waals surface area contributed by atoms with Crippen LogP contribution in [0.5, 0.6) is 0 Å². The van der Waals surface area contributed by atoms with Crippen LogP contribution >= 0.6 is 11.6 Å². The van der Waals surface area contributed by atoms with Gasteiger partial charge >= 0.3 is 0 Å². The molecule has 0 N–H and O–H groups in total. The summed E-state index contributed by atoms with van der Waals surface area (Å²) in [6.07, 6.45) is 4.66. The Balaban J connectivity index is 1.75. The van der Waals surface area contributed by atoms with Gasteiger partial charge in [-0.15, -0.1) is 0 Å². The third-order valence-electron chi connectivity index (χ3n) is 5.31. The minimum Gasteiger partial charge on any atom is -0.339 e. The highest BCUT2D eigenvalue weighted by Crippen LogP contribution is 2.31. The normalized spacial score (nSPS) is 24.5. The zero-order valence-electron chi connectivity index (χ0n) is 14.4. The number of benzene rings is 1. The predicted octanol–water partition coefficient (Wildman–Crippen LogP) is 3.79. The van der Waals surface area contributed by atoms with Crippen LogP contribution in [0.4, 0.5) is 5.69 Å². The minimum absolute atomic E-state index is 0.0313. The van der Waals surface area contributed by atoms with Gasteiger partial charge < -0.3 is 9.80 Å². The van der Waals surface area contributed by atoms with Gasteiger partial charge in [0.1, 0.15) is 0 Å². The Morgan fingerprint density at radius 2 is 2.12 bits per heavy atom. The first kappa shape index (κ1) is 17.3. The molecular weight excluding hydrogens is 324 g/mol. The fourth-order valence-electron chi connectivity index (χ4n) is 3.98. The van der Waals surface area contributed by atoms with Crippen molar-refractivity contribution in [2.45, 2.75) is 52.0 Å². The lowest BCUT2D eigenvalue weighted by Crippen LogP contribution is -2.46. The molecule has 2 saturated heterocycles. The lowest BCUT2D eigenvalue weighted by atomic mass is 9.97. The lowest BCUT2D eigenvalue weighted by Gasteiger charge is -2.36. The van der Waals surface area contributed by atoms with Crippen molar-refractivity contribution in [1.29, 1.82) is 0 Å². The van der Waals surface area contributed by atoms with Gasteiger partial charge in [0, 0.05) is 36.3 Å². The summed E-state index contributed by atoms with van der Waals surface area (Å²) in [7, 11) is 0. The van der Waals surface area contributed by atoms with Crippen molar-refractivity contribution < 1.29 is 9.59 Å². The van der Waals surface area contributed by atoms with Crippen molar-refractivity contribution in [2.75, 3.05) is 18.0 Å². The number of carbonyl (C=O) groups excluding carboxylic acids is 2. The topological polar surface area (TPSA) is 40.6 Å². The second kappa shape index (κ2) is 7.14. The third kappa shape index (κ3) is 3.30. The standard InChI is InChI=1S/C19H25ClN2O2/c1-3-16-6-4-5-9-21(16)19(24)14-11-18(23)22(12-14)17-8-7-15(20)10-13(17)2/h7-8,10,14,16H,3-6,9,11-12H2,1-2H3. The highest BCUT2D eigenvalue weighted by atomic mass is 35.5. The van der Waals surface area contributed by atoms with E-state index in [0.717, 1.165) is 37.1 Å². The van der Waals surface area contributed by atoms with Crippen molar-refractivity contribution in [1.82, 2.24) is 4.90 Å². The molecule has 1 aromatic carbocycles. The largest absolute Gasteiger partial charge is 0.339 e. The maximum absolute atomic E-state index is 13.0. The molecule has 2 amide bonds. The van der Waals surface area contributed by atoms with Crippen LogP contribution in [0, 0.1) is 12.8 Å². The molecule has 2 unspecified atom stereocenters. The summed E-state index contributed by atoms with van der Waals surface area (Å²) in [6.45, 7) is 5.40. The van der Waals surface area contributed by atoms with Gasteiger partial charge in [0.15, 0.2) is 0 Å². The van der Waals surface area contributed by atoms with E-state index < -0.39 is 0 Å². The van der Waals surface area contributed by atoms with Gasteiger partial charge in [0.2, 0.25) is 11.8 Å². The van der Waals surface area contributed by atoms with Crippen LogP contribution in [0.1, 0.15) is 44.6 Å². The minimum atomic E-state index is -0.222. The summed E-state index contributed by atoms with van der Waals surface area (Å²) in [5, 5.41) is 0.662. The molecular formula is C19H25ClN2O2. The Kier molecular flexibility index (Phi) is 5.14. The van der Waals surface area contributed by atoms with Crippen LogP contribution in [-0.4, -0.2) is 35.8 Å². The van der Waals surface area contributed by atoms with E-state index in [0.29, 0.717) is 24.0 Å². The SMILES string of the molecule is CCC1CCCCN1C(=O)C1CC(=O)N(c2ccc(Cl)cc2C)C1. The number of aryl methyl sites for hydroxylation is 1. The highest BCUT2D eigenvalue weighted by molar-refractivity contribution is 6.30. The summed E-state index contributed by atoms with van der Waals surface area (Å²) >= 11 is 6.01. The molecule has 0 bridgehead atoms. The van der Waals surface area contributed by atoms with Gasteiger partial charge in [-0.25, -0.2) is 0 Å². The maximum atomic E-state index is 13.0. The van der Waals surface area contributed by atoms with E-state index in [1.807, 2.05) is 24.0 Å². The van der Waals surface area contributed by atoms with Gasteiger partial charge in [-0.2, -0.15) is 0 Å². The number of halogens is 1. The average Bonchev–Trinajstić information content (AvgIpc) is 2.96. The number of hydrogen-bond donors (Lipinski definition) is 0. The first-order chi connectivity index (χ1) is 11.5. The molecule has 2 aliphatic heterocycles. The first-order valence-electron chi connectivity index (χ1n) is 8.88. The molecule has 1 aromatic rings. The van der Waals surface area contributed by atoms with E-state index >= 15 is 0 Å². The van der Waals surface area contributed by atoms with Crippen molar-refractivity contribution in [3.63, 3.8) is 0 Å². The molecule has 5 heteroatoms. The second-order valence-corrected chi connectivity index (χ2v) is 7.36. The molecule has 0 aromatic heterocycles. The molecule has 0 radical (unpaired) electrons. The summed E-state index contributed by atoms with van der Waals surface area (Å²) < 4.78 is 0. The Morgan fingerprint density at radius 1 is 1.33 bits per heavy atom. The average molecular weight is 349 g/mol. The molecule has 4 nitrogen and oxygen atoms in total. The van der Waals surface area contributed by atoms with Gasteiger partial charge in [-0.3, -0.25) is 9.59 Å². The highest BCUT2D eigenvalue weighted by Gasteiger charge is 2.39. The summed E-state index contributed by atoms with van der Waals surface area (Å²) in [4.78, 5) is 29.2. The van der Waals surface area contributed by atoms with E-state index in [1.165, 1.54) is 6.42 Å². The summed E-state index contributed by atoms with van der Waals surface area (Å²) in [5.41, 5.74) is 1.83. The van der Waals surface area contributed by atoms with Crippen LogP contribution in [-0.2, 0) is 9.59 Å². The smallest absolute Gasteiger partial charge is 0.228 e. The van der Waals surface area contributed by atoms with E-state index in [1.54, 1.807) is 11.0 Å². The van der Waals surface area contributed by atoms with Gasteiger partial charge in [0.05, 0.1) is 5.92 Å². The summed E-state index contributed by atoms with van der Waals surface area (Å²) in [6, 6.07) is 5.87. The van der Waals surface area contributed by atoms with Gasteiger partial charge in [-0.05, 0) is 56.4 Å². The van der Waals surface area contributed by atoms with E-state index in [9.17, 15) is 9.59 Å².